The largest absolute Gasteiger partial charge is 0.493 e. The summed E-state index contributed by atoms with van der Waals surface area (Å²) >= 11 is 0. The quantitative estimate of drug-likeness (QED) is 0.681. The van der Waals surface area contributed by atoms with Crippen LogP contribution in [0.4, 0.5) is 11.4 Å². The molecule has 2 aromatic carbocycles. The van der Waals surface area contributed by atoms with E-state index in [9.17, 15) is 9.59 Å². The Labute approximate surface area is 188 Å². The van der Waals surface area contributed by atoms with E-state index in [1.54, 1.807) is 24.0 Å². The molecular formula is C24H29N3O5. The third-order valence-corrected chi connectivity index (χ3v) is 5.54. The topological polar surface area (TPSA) is 80.3 Å². The summed E-state index contributed by atoms with van der Waals surface area (Å²) in [7, 11) is 0. The van der Waals surface area contributed by atoms with E-state index in [1.165, 1.54) is 0 Å². The predicted octanol–water partition coefficient (Wildman–Crippen LogP) is 2.54. The van der Waals surface area contributed by atoms with Gasteiger partial charge in [-0.15, -0.1) is 0 Å². The molecule has 0 aromatic heterocycles. The number of nitrogens with zero attached hydrogens (tertiary/aromatic N) is 2. The average Bonchev–Trinajstić information content (AvgIpc) is 2.81. The molecule has 32 heavy (non-hydrogen) atoms. The molecule has 2 aliphatic rings. The van der Waals surface area contributed by atoms with Crippen LogP contribution in [-0.2, 0) is 14.3 Å². The minimum absolute atomic E-state index is 0.0550. The number of para-hydroxylation sites is 1. The minimum atomic E-state index is -0.572. The number of nitrogens with one attached hydrogen (secondary N) is 1. The van der Waals surface area contributed by atoms with Crippen molar-refractivity contribution >= 4 is 23.2 Å². The average molecular weight is 440 g/mol. The Morgan fingerprint density at radius 1 is 1.12 bits per heavy atom. The molecule has 0 saturated carbocycles. The Bertz CT molecular complexity index is 930. The summed E-state index contributed by atoms with van der Waals surface area (Å²) in [5, 5.41) is 2.88. The zero-order valence-corrected chi connectivity index (χ0v) is 18.3. The summed E-state index contributed by atoms with van der Waals surface area (Å²) in [5.41, 5.74) is 1.36. The van der Waals surface area contributed by atoms with Gasteiger partial charge in [0.15, 0.2) is 6.10 Å². The molecule has 0 bridgehead atoms. The highest BCUT2D eigenvalue weighted by Gasteiger charge is 2.32. The van der Waals surface area contributed by atoms with Crippen molar-refractivity contribution in [3.63, 3.8) is 0 Å². The fourth-order valence-electron chi connectivity index (χ4n) is 3.79. The van der Waals surface area contributed by atoms with Gasteiger partial charge in [0.1, 0.15) is 11.5 Å². The fraction of sp³-hybridized carbons (Fsp3) is 0.417. The molecule has 1 atom stereocenters. The maximum atomic E-state index is 12.7. The third kappa shape index (κ3) is 5.57. The highest BCUT2D eigenvalue weighted by atomic mass is 16.5. The molecule has 1 unspecified atom stereocenters. The molecule has 2 amide bonds. The number of hydrogen-bond acceptors (Lipinski definition) is 6. The Morgan fingerprint density at radius 2 is 1.91 bits per heavy atom. The molecule has 2 heterocycles. The van der Waals surface area contributed by atoms with Crippen LogP contribution >= 0.6 is 0 Å². The lowest BCUT2D eigenvalue weighted by Crippen LogP contribution is -2.48. The standard InChI is InChI=1S/C24H29N3O5/c1-18-24(29)27(11-10-26-12-15-30-16-13-26)21-8-7-19(17-22(21)32-18)25-23(28)9-14-31-20-5-3-2-4-6-20/h2-8,17-18H,9-16H2,1H3,(H,25,28). The molecule has 1 N–H and O–H groups in total. The number of ether oxygens (including phenoxy) is 3. The van der Waals surface area contributed by atoms with Crippen LogP contribution in [-0.4, -0.2) is 68.8 Å². The zero-order chi connectivity index (χ0) is 22.3. The van der Waals surface area contributed by atoms with Crippen LogP contribution in [0.15, 0.2) is 48.5 Å². The first-order chi connectivity index (χ1) is 15.6. The fourth-order valence-corrected chi connectivity index (χ4v) is 3.79. The van der Waals surface area contributed by atoms with E-state index >= 15 is 0 Å². The van der Waals surface area contributed by atoms with Crippen molar-refractivity contribution in [2.75, 3.05) is 56.2 Å². The number of carbonyl (C=O) groups excluding carboxylic acids is 2. The predicted molar refractivity (Wildman–Crippen MR) is 121 cm³/mol. The summed E-state index contributed by atoms with van der Waals surface area (Å²) in [6.45, 7) is 6.60. The second-order valence-corrected chi connectivity index (χ2v) is 7.85. The highest BCUT2D eigenvalue weighted by molar-refractivity contribution is 6.00. The van der Waals surface area contributed by atoms with Crippen molar-refractivity contribution in [2.45, 2.75) is 19.4 Å². The molecule has 0 radical (unpaired) electrons. The van der Waals surface area contributed by atoms with Gasteiger partial charge in [-0.3, -0.25) is 14.5 Å². The molecule has 4 rings (SSSR count). The molecule has 0 spiro atoms. The van der Waals surface area contributed by atoms with Gasteiger partial charge in [-0.2, -0.15) is 0 Å². The second-order valence-electron chi connectivity index (χ2n) is 7.85. The molecular weight excluding hydrogens is 410 g/mol. The maximum absolute atomic E-state index is 12.7. The van der Waals surface area contributed by atoms with Crippen molar-refractivity contribution in [3.05, 3.63) is 48.5 Å². The normalized spacial score (nSPS) is 18.6. The Kier molecular flexibility index (Phi) is 7.24. The number of rotatable bonds is 8. The van der Waals surface area contributed by atoms with Crippen LogP contribution in [0.3, 0.4) is 0 Å². The summed E-state index contributed by atoms with van der Waals surface area (Å²) in [6, 6.07) is 14.8. The van der Waals surface area contributed by atoms with E-state index < -0.39 is 6.10 Å². The van der Waals surface area contributed by atoms with Gasteiger partial charge in [0.05, 0.1) is 31.9 Å². The Morgan fingerprint density at radius 3 is 2.69 bits per heavy atom. The smallest absolute Gasteiger partial charge is 0.267 e. The monoisotopic (exact) mass is 439 g/mol. The van der Waals surface area contributed by atoms with Crippen LogP contribution in [0.1, 0.15) is 13.3 Å². The number of fused-ring (bicyclic) bond motifs is 1. The van der Waals surface area contributed by atoms with E-state index in [4.69, 9.17) is 14.2 Å². The summed E-state index contributed by atoms with van der Waals surface area (Å²) < 4.78 is 16.8. The van der Waals surface area contributed by atoms with Gasteiger partial charge < -0.3 is 24.4 Å². The molecule has 1 fully saturated rings. The number of anilines is 2. The van der Waals surface area contributed by atoms with E-state index in [-0.39, 0.29) is 24.8 Å². The highest BCUT2D eigenvalue weighted by Crippen LogP contribution is 2.36. The first-order valence-electron chi connectivity index (χ1n) is 11.0. The number of carbonyl (C=O) groups is 2. The molecule has 2 aliphatic heterocycles. The summed E-state index contributed by atoms with van der Waals surface area (Å²) in [4.78, 5) is 29.1. The molecule has 1 saturated heterocycles. The molecule has 170 valence electrons. The van der Waals surface area contributed by atoms with Gasteiger partial charge in [-0.05, 0) is 31.2 Å². The zero-order valence-electron chi connectivity index (χ0n) is 18.3. The van der Waals surface area contributed by atoms with Gasteiger partial charge >= 0.3 is 0 Å². The van der Waals surface area contributed by atoms with E-state index in [0.29, 0.717) is 18.0 Å². The van der Waals surface area contributed by atoms with E-state index in [2.05, 4.69) is 10.2 Å². The van der Waals surface area contributed by atoms with E-state index in [0.717, 1.165) is 44.3 Å². The lowest BCUT2D eigenvalue weighted by Gasteiger charge is -2.35. The lowest BCUT2D eigenvalue weighted by atomic mass is 10.1. The van der Waals surface area contributed by atoms with Crippen LogP contribution in [0.5, 0.6) is 11.5 Å². The number of hydrogen-bond donors (Lipinski definition) is 1. The Balaban J connectivity index is 1.35. The van der Waals surface area contributed by atoms with Crippen LogP contribution in [0.2, 0.25) is 0 Å². The second kappa shape index (κ2) is 10.5. The van der Waals surface area contributed by atoms with Gasteiger partial charge in [0.2, 0.25) is 5.91 Å². The third-order valence-electron chi connectivity index (χ3n) is 5.54. The van der Waals surface area contributed by atoms with Crippen molar-refractivity contribution in [2.24, 2.45) is 0 Å². The van der Waals surface area contributed by atoms with Gasteiger partial charge in [0.25, 0.3) is 5.91 Å². The van der Waals surface area contributed by atoms with Crippen molar-refractivity contribution in [3.8, 4) is 11.5 Å². The van der Waals surface area contributed by atoms with Gasteiger partial charge in [-0.1, -0.05) is 18.2 Å². The number of morpholine rings is 1. The first-order valence-corrected chi connectivity index (χ1v) is 11.0. The first kappa shape index (κ1) is 22.1. The SMILES string of the molecule is CC1Oc2cc(NC(=O)CCOc3ccccc3)ccc2N(CCN2CCOCC2)C1=O. The summed E-state index contributed by atoms with van der Waals surface area (Å²) in [6.07, 6.45) is -0.342. The molecule has 8 heteroatoms. The summed E-state index contributed by atoms with van der Waals surface area (Å²) in [5.74, 6) is 1.13. The lowest BCUT2D eigenvalue weighted by molar-refractivity contribution is -0.125. The Hall–Kier alpha value is -3.10. The van der Waals surface area contributed by atoms with Gasteiger partial charge in [0, 0.05) is 37.9 Å². The van der Waals surface area contributed by atoms with E-state index in [1.807, 2.05) is 36.4 Å². The van der Waals surface area contributed by atoms with Crippen LogP contribution in [0, 0.1) is 0 Å². The van der Waals surface area contributed by atoms with Crippen molar-refractivity contribution in [1.29, 1.82) is 0 Å². The van der Waals surface area contributed by atoms with Crippen LogP contribution in [0.25, 0.3) is 0 Å². The number of benzene rings is 2. The van der Waals surface area contributed by atoms with Crippen LogP contribution < -0.4 is 19.7 Å². The molecule has 0 aliphatic carbocycles. The minimum Gasteiger partial charge on any atom is -0.493 e. The number of amides is 2. The van der Waals surface area contributed by atoms with Gasteiger partial charge in [-0.25, -0.2) is 0 Å². The maximum Gasteiger partial charge on any atom is 0.267 e. The molecule has 2 aromatic rings. The molecule has 8 nitrogen and oxygen atoms in total. The van der Waals surface area contributed by atoms with Crippen molar-refractivity contribution < 1.29 is 23.8 Å². The van der Waals surface area contributed by atoms with Crippen molar-refractivity contribution in [1.82, 2.24) is 4.90 Å².